The molecule has 0 bridgehead atoms. The summed E-state index contributed by atoms with van der Waals surface area (Å²) in [5.74, 6) is -1.86. The number of carboxylic acids is 1. The molecule has 122 valence electrons. The van der Waals surface area contributed by atoms with Crippen LogP contribution in [0.5, 0.6) is 0 Å². The molecule has 1 aromatic heterocycles. The first-order valence-electron chi connectivity index (χ1n) is 6.39. The molecule has 1 atom stereocenters. The fraction of sp³-hybridized carbons (Fsp3) is 0.500. The van der Waals surface area contributed by atoms with Crippen molar-refractivity contribution in [3.63, 3.8) is 0 Å². The quantitative estimate of drug-likeness (QED) is 0.659. The minimum atomic E-state index is -3.83. The average molecular weight is 332 g/mol. The minimum Gasteiger partial charge on any atom is -0.479 e. The van der Waals surface area contributed by atoms with Crippen LogP contribution in [0.15, 0.2) is 15.6 Å². The van der Waals surface area contributed by atoms with Gasteiger partial charge in [-0.3, -0.25) is 4.79 Å². The number of amides is 1. The highest BCUT2D eigenvalue weighted by Crippen LogP contribution is 2.23. The molecule has 0 saturated carbocycles. The van der Waals surface area contributed by atoms with Crippen molar-refractivity contribution in [3.8, 4) is 0 Å². The van der Waals surface area contributed by atoms with E-state index in [1.165, 1.54) is 14.0 Å². The molecule has 1 amide bonds. The van der Waals surface area contributed by atoms with Gasteiger partial charge in [-0.1, -0.05) is 0 Å². The molecule has 1 saturated heterocycles. The van der Waals surface area contributed by atoms with Crippen LogP contribution < -0.4 is 10.0 Å². The van der Waals surface area contributed by atoms with Crippen LogP contribution in [0.1, 0.15) is 22.5 Å². The van der Waals surface area contributed by atoms with E-state index >= 15 is 0 Å². The molecular formula is C12H16N2O7S. The van der Waals surface area contributed by atoms with Crippen LogP contribution in [-0.4, -0.2) is 51.2 Å². The number of nitrogens with one attached hydrogen (secondary N) is 2. The summed E-state index contributed by atoms with van der Waals surface area (Å²) in [5.41, 5.74) is -1.55. The van der Waals surface area contributed by atoms with Crippen molar-refractivity contribution in [2.45, 2.75) is 24.0 Å². The highest BCUT2D eigenvalue weighted by Gasteiger charge is 2.44. The maximum Gasteiger partial charge on any atom is 0.331 e. The van der Waals surface area contributed by atoms with E-state index in [-0.39, 0.29) is 31.0 Å². The monoisotopic (exact) mass is 332 g/mol. The molecule has 2 rings (SSSR count). The maximum absolute atomic E-state index is 12.3. The third-order valence-corrected chi connectivity index (χ3v) is 4.73. The van der Waals surface area contributed by atoms with Gasteiger partial charge in [0, 0.05) is 19.1 Å². The predicted molar refractivity (Wildman–Crippen MR) is 73.0 cm³/mol. The molecule has 0 radical (unpaired) electrons. The second-order valence-corrected chi connectivity index (χ2v) is 6.70. The number of carbonyl (C=O) groups excluding carboxylic acids is 1. The van der Waals surface area contributed by atoms with Crippen molar-refractivity contribution < 1.29 is 32.3 Å². The van der Waals surface area contributed by atoms with Crippen molar-refractivity contribution in [2.24, 2.45) is 0 Å². The molecular weight excluding hydrogens is 316 g/mol. The molecule has 1 aliphatic heterocycles. The number of sulfonamides is 1. The normalized spacial score (nSPS) is 21.7. The fourth-order valence-electron chi connectivity index (χ4n) is 2.08. The Labute approximate surface area is 126 Å². The lowest BCUT2D eigenvalue weighted by Crippen LogP contribution is -2.55. The molecule has 0 spiro atoms. The van der Waals surface area contributed by atoms with Crippen LogP contribution in [0.2, 0.25) is 0 Å². The van der Waals surface area contributed by atoms with E-state index in [1.54, 1.807) is 0 Å². The zero-order chi connectivity index (χ0) is 16.5. The molecule has 0 aliphatic carbocycles. The van der Waals surface area contributed by atoms with Crippen LogP contribution >= 0.6 is 0 Å². The van der Waals surface area contributed by atoms with Crippen molar-refractivity contribution in [3.05, 3.63) is 17.4 Å². The van der Waals surface area contributed by atoms with Crippen LogP contribution in [-0.2, 0) is 19.6 Å². The van der Waals surface area contributed by atoms with Gasteiger partial charge in [-0.2, -0.15) is 0 Å². The van der Waals surface area contributed by atoms with Gasteiger partial charge >= 0.3 is 5.97 Å². The zero-order valence-corrected chi connectivity index (χ0v) is 12.8. The Kier molecular flexibility index (Phi) is 4.27. The van der Waals surface area contributed by atoms with E-state index in [0.717, 1.165) is 6.07 Å². The van der Waals surface area contributed by atoms with Crippen molar-refractivity contribution in [1.82, 2.24) is 10.0 Å². The number of ether oxygens (including phenoxy) is 1. The molecule has 9 nitrogen and oxygen atoms in total. The van der Waals surface area contributed by atoms with Gasteiger partial charge in [0.25, 0.3) is 15.9 Å². The highest BCUT2D eigenvalue weighted by molar-refractivity contribution is 7.89. The van der Waals surface area contributed by atoms with Crippen molar-refractivity contribution in [2.75, 3.05) is 20.3 Å². The number of carbonyl (C=O) groups is 2. The minimum absolute atomic E-state index is 0.0404. The number of hydrogen-bond acceptors (Lipinski definition) is 6. The fourth-order valence-corrected chi connectivity index (χ4v) is 2.79. The first-order chi connectivity index (χ1) is 10.2. The number of carboxylic acid groups (broad SMARTS) is 1. The Bertz CT molecular complexity index is 701. The Hall–Kier alpha value is -1.91. The maximum atomic E-state index is 12.3. The third kappa shape index (κ3) is 2.85. The highest BCUT2D eigenvalue weighted by atomic mass is 32.2. The van der Waals surface area contributed by atoms with E-state index in [4.69, 9.17) is 9.15 Å². The summed E-state index contributed by atoms with van der Waals surface area (Å²) >= 11 is 0. The van der Waals surface area contributed by atoms with Crippen molar-refractivity contribution >= 4 is 21.9 Å². The largest absolute Gasteiger partial charge is 0.479 e. The number of furan rings is 1. The standard InChI is InChI=1S/C12H16N2O7S/c1-7-8(5-9(21-7)22(18,19)13-2)10(15)14-12(11(16)17)3-4-20-6-12/h5,13H,3-4,6H2,1-2H3,(H,14,15)(H,16,17). The molecule has 2 heterocycles. The molecule has 10 heteroatoms. The summed E-state index contributed by atoms with van der Waals surface area (Å²) in [6, 6.07) is 1.06. The van der Waals surface area contributed by atoms with Gasteiger partial charge in [0.15, 0.2) is 5.54 Å². The van der Waals surface area contributed by atoms with E-state index in [1.807, 2.05) is 0 Å². The van der Waals surface area contributed by atoms with Crippen LogP contribution in [0.3, 0.4) is 0 Å². The Morgan fingerprint density at radius 1 is 1.41 bits per heavy atom. The lowest BCUT2D eigenvalue weighted by molar-refractivity contribution is -0.144. The predicted octanol–water partition coefficient (Wildman–Crippen LogP) is -0.530. The van der Waals surface area contributed by atoms with Gasteiger partial charge in [0.1, 0.15) is 5.76 Å². The number of rotatable bonds is 5. The third-order valence-electron chi connectivity index (χ3n) is 3.46. The number of aryl methyl sites for hydroxylation is 1. The van der Waals surface area contributed by atoms with Gasteiger partial charge in [-0.05, 0) is 14.0 Å². The lowest BCUT2D eigenvalue weighted by atomic mass is 9.98. The van der Waals surface area contributed by atoms with Crippen LogP contribution in [0.4, 0.5) is 0 Å². The summed E-state index contributed by atoms with van der Waals surface area (Å²) < 4.78 is 35.5. The molecule has 3 N–H and O–H groups in total. The molecule has 1 aromatic rings. The first kappa shape index (κ1) is 16.5. The number of aliphatic carboxylic acids is 1. The Morgan fingerprint density at radius 3 is 2.59 bits per heavy atom. The van der Waals surface area contributed by atoms with Gasteiger partial charge in [-0.25, -0.2) is 17.9 Å². The second kappa shape index (κ2) is 5.71. The molecule has 1 fully saturated rings. The van der Waals surface area contributed by atoms with Gasteiger partial charge < -0.3 is 19.6 Å². The molecule has 1 unspecified atom stereocenters. The van der Waals surface area contributed by atoms with E-state index in [0.29, 0.717) is 0 Å². The van der Waals surface area contributed by atoms with E-state index in [9.17, 15) is 23.1 Å². The van der Waals surface area contributed by atoms with E-state index < -0.39 is 32.5 Å². The zero-order valence-electron chi connectivity index (χ0n) is 12.0. The Balaban J connectivity index is 2.29. The van der Waals surface area contributed by atoms with Crippen LogP contribution in [0, 0.1) is 6.92 Å². The molecule has 0 aromatic carbocycles. The number of hydrogen-bond donors (Lipinski definition) is 3. The summed E-state index contributed by atoms with van der Waals surface area (Å²) in [7, 11) is -2.62. The lowest BCUT2D eigenvalue weighted by Gasteiger charge is -2.23. The van der Waals surface area contributed by atoms with Gasteiger partial charge in [0.05, 0.1) is 12.2 Å². The average Bonchev–Trinajstić information content (AvgIpc) is 3.06. The first-order valence-corrected chi connectivity index (χ1v) is 7.88. The SMILES string of the molecule is CNS(=O)(=O)c1cc(C(=O)NC2(C(=O)O)CCOC2)c(C)o1. The van der Waals surface area contributed by atoms with E-state index in [2.05, 4.69) is 10.0 Å². The Morgan fingerprint density at radius 2 is 2.09 bits per heavy atom. The summed E-state index contributed by atoms with van der Waals surface area (Å²) in [5, 5.41) is 11.3. The van der Waals surface area contributed by atoms with Crippen molar-refractivity contribution in [1.29, 1.82) is 0 Å². The molecule has 1 aliphatic rings. The van der Waals surface area contributed by atoms with Gasteiger partial charge in [-0.15, -0.1) is 0 Å². The molecule has 22 heavy (non-hydrogen) atoms. The van der Waals surface area contributed by atoms with Crippen LogP contribution in [0.25, 0.3) is 0 Å². The van der Waals surface area contributed by atoms with Gasteiger partial charge in [0.2, 0.25) is 5.09 Å². The smallest absolute Gasteiger partial charge is 0.331 e. The topological polar surface area (TPSA) is 135 Å². The summed E-state index contributed by atoms with van der Waals surface area (Å²) in [4.78, 5) is 23.6. The summed E-state index contributed by atoms with van der Waals surface area (Å²) in [6.45, 7) is 1.49. The second-order valence-electron chi connectivity index (χ2n) is 4.89. The summed E-state index contributed by atoms with van der Waals surface area (Å²) in [6.07, 6.45) is 0.132.